The largest absolute Gasteiger partial charge is 0.493 e. The van der Waals surface area contributed by atoms with Crippen molar-refractivity contribution in [2.45, 2.75) is 31.7 Å². The molecule has 1 atom stereocenters. The number of carbonyl (C=O) groups is 1. The number of pyridine rings is 1. The van der Waals surface area contributed by atoms with Crippen molar-refractivity contribution in [3.05, 3.63) is 89.5 Å². The van der Waals surface area contributed by atoms with Crippen LogP contribution in [0.4, 0.5) is 10.2 Å². The van der Waals surface area contributed by atoms with E-state index in [0.717, 1.165) is 59.5 Å². The van der Waals surface area contributed by atoms with Gasteiger partial charge in [-0.1, -0.05) is 18.2 Å². The van der Waals surface area contributed by atoms with Crippen LogP contribution in [0, 0.1) is 5.82 Å². The number of rotatable bonds is 8. The fraction of sp³-hybridized carbons (Fsp3) is 0.286. The molecule has 0 radical (unpaired) electrons. The van der Waals surface area contributed by atoms with Crippen molar-refractivity contribution in [2.24, 2.45) is 0 Å². The van der Waals surface area contributed by atoms with Crippen molar-refractivity contribution in [3.63, 3.8) is 0 Å². The third-order valence-corrected chi connectivity index (χ3v) is 6.45. The lowest BCUT2D eigenvalue weighted by molar-refractivity contribution is -0.141. The summed E-state index contributed by atoms with van der Waals surface area (Å²) < 4.78 is 26.4. The molecule has 4 aromatic rings. The molecule has 0 spiro atoms. The van der Waals surface area contributed by atoms with E-state index in [9.17, 15) is 9.18 Å². The number of fused-ring (bicyclic) bond motifs is 2. The second kappa shape index (κ2) is 10.2. The van der Waals surface area contributed by atoms with Gasteiger partial charge in [-0.15, -0.1) is 0 Å². The molecule has 1 aliphatic heterocycles. The van der Waals surface area contributed by atoms with Gasteiger partial charge in [-0.2, -0.15) is 0 Å². The van der Waals surface area contributed by atoms with E-state index in [4.69, 9.17) is 14.5 Å². The molecule has 0 amide bonds. The lowest BCUT2D eigenvalue weighted by Gasteiger charge is -2.20. The minimum atomic E-state index is -0.327. The van der Waals surface area contributed by atoms with E-state index in [2.05, 4.69) is 17.4 Å². The van der Waals surface area contributed by atoms with Gasteiger partial charge in [-0.05, 0) is 66.4 Å². The van der Waals surface area contributed by atoms with Crippen molar-refractivity contribution in [2.75, 3.05) is 25.6 Å². The van der Waals surface area contributed by atoms with E-state index in [-0.39, 0.29) is 24.2 Å². The van der Waals surface area contributed by atoms with Crippen LogP contribution in [-0.4, -0.2) is 35.8 Å². The average Bonchev–Trinajstić information content (AvgIpc) is 3.30. The number of aryl methyl sites for hydroxylation is 1. The fourth-order valence-electron chi connectivity index (χ4n) is 4.59. The topological polar surface area (TPSA) is 65.4 Å². The molecule has 3 heterocycles. The van der Waals surface area contributed by atoms with Gasteiger partial charge in [0.05, 0.1) is 26.2 Å². The minimum Gasteiger partial charge on any atom is -0.493 e. The molecule has 6 nitrogen and oxygen atoms in total. The number of hydrogen-bond acceptors (Lipinski definition) is 5. The predicted molar refractivity (Wildman–Crippen MR) is 133 cm³/mol. The second-order valence-corrected chi connectivity index (χ2v) is 8.73. The number of nitrogens with one attached hydrogen (secondary N) is 1. The van der Waals surface area contributed by atoms with Gasteiger partial charge < -0.3 is 19.4 Å². The van der Waals surface area contributed by atoms with E-state index in [1.165, 1.54) is 24.8 Å². The Labute approximate surface area is 203 Å². The Morgan fingerprint density at radius 3 is 2.83 bits per heavy atom. The molecule has 2 aromatic heterocycles. The molecule has 0 saturated carbocycles. The summed E-state index contributed by atoms with van der Waals surface area (Å²) in [5.41, 5.74) is 4.08. The second-order valence-electron chi connectivity index (χ2n) is 8.73. The molecule has 0 fully saturated rings. The quantitative estimate of drug-likeness (QED) is 0.352. The first-order valence-corrected chi connectivity index (χ1v) is 11.9. The summed E-state index contributed by atoms with van der Waals surface area (Å²) in [6.45, 7) is 1.50. The number of nitrogens with zero attached hydrogens (tertiary/aromatic N) is 2. The maximum absolute atomic E-state index is 13.5. The number of methoxy groups -OCH3 is 1. The molecular weight excluding hydrogens is 445 g/mol. The Bertz CT molecular complexity index is 1330. The lowest BCUT2D eigenvalue weighted by Crippen LogP contribution is -2.15. The molecule has 5 rings (SSSR count). The maximum atomic E-state index is 13.5. The van der Waals surface area contributed by atoms with E-state index >= 15 is 0 Å². The summed E-state index contributed by atoms with van der Waals surface area (Å²) in [5.74, 6) is 1.13. The van der Waals surface area contributed by atoms with Crippen molar-refractivity contribution in [1.29, 1.82) is 0 Å². The number of hydrogen-bond donors (Lipinski definition) is 1. The Balaban J connectivity index is 1.31. The zero-order valence-corrected chi connectivity index (χ0v) is 19.7. The molecule has 1 aliphatic rings. The van der Waals surface area contributed by atoms with E-state index in [1.807, 2.05) is 35.0 Å². The highest BCUT2D eigenvalue weighted by Crippen LogP contribution is 2.30. The smallest absolute Gasteiger partial charge is 0.307 e. The predicted octanol–water partition coefficient (Wildman–Crippen LogP) is 5.31. The molecule has 1 unspecified atom stereocenters. The number of anilines is 1. The van der Waals surface area contributed by atoms with Gasteiger partial charge in [0.15, 0.2) is 0 Å². The van der Waals surface area contributed by atoms with Crippen LogP contribution in [0.2, 0.25) is 0 Å². The number of benzene rings is 2. The molecule has 180 valence electrons. The molecule has 35 heavy (non-hydrogen) atoms. The zero-order valence-electron chi connectivity index (χ0n) is 19.7. The number of esters is 1. The Morgan fingerprint density at radius 1 is 1.14 bits per heavy atom. The molecule has 1 N–H and O–H groups in total. The first-order chi connectivity index (χ1) is 17.1. The van der Waals surface area contributed by atoms with Crippen LogP contribution in [0.1, 0.15) is 35.7 Å². The van der Waals surface area contributed by atoms with Crippen molar-refractivity contribution in [3.8, 4) is 5.75 Å². The Hall–Kier alpha value is -3.87. The number of ether oxygens (including phenoxy) is 2. The van der Waals surface area contributed by atoms with Gasteiger partial charge in [-0.25, -0.2) is 9.37 Å². The van der Waals surface area contributed by atoms with Gasteiger partial charge in [0, 0.05) is 35.8 Å². The third kappa shape index (κ3) is 5.14. The number of aromatic nitrogens is 2. The van der Waals surface area contributed by atoms with Crippen LogP contribution < -0.4 is 10.1 Å². The van der Waals surface area contributed by atoms with Gasteiger partial charge >= 0.3 is 5.97 Å². The summed E-state index contributed by atoms with van der Waals surface area (Å²) in [6, 6.07) is 18.1. The van der Waals surface area contributed by atoms with Crippen LogP contribution in [0.25, 0.3) is 10.9 Å². The Morgan fingerprint density at radius 2 is 2.00 bits per heavy atom. The van der Waals surface area contributed by atoms with Gasteiger partial charge in [0.2, 0.25) is 0 Å². The third-order valence-electron chi connectivity index (χ3n) is 6.45. The molecule has 0 saturated heterocycles. The monoisotopic (exact) mass is 473 g/mol. The highest BCUT2D eigenvalue weighted by Gasteiger charge is 2.20. The normalized spacial score (nSPS) is 13.7. The van der Waals surface area contributed by atoms with Crippen LogP contribution in [0.3, 0.4) is 0 Å². The van der Waals surface area contributed by atoms with E-state index < -0.39 is 0 Å². The van der Waals surface area contributed by atoms with E-state index in [1.54, 1.807) is 12.1 Å². The van der Waals surface area contributed by atoms with Crippen LogP contribution in [-0.2, 0) is 22.4 Å². The first-order valence-electron chi connectivity index (χ1n) is 11.9. The minimum absolute atomic E-state index is 0.146. The van der Waals surface area contributed by atoms with Crippen LogP contribution in [0.5, 0.6) is 5.75 Å². The van der Waals surface area contributed by atoms with E-state index in [0.29, 0.717) is 6.61 Å². The SMILES string of the molecule is COC(=O)CC(c1ccc(F)cc1)n1ccc2cc(OCCc3ccc4c(n3)NCCC4)ccc21. The molecular formula is C28H28FN3O3. The van der Waals surface area contributed by atoms with Crippen LogP contribution >= 0.6 is 0 Å². The number of carbonyl (C=O) groups excluding carboxylic acids is 1. The van der Waals surface area contributed by atoms with Crippen LogP contribution in [0.15, 0.2) is 66.9 Å². The molecule has 7 heteroatoms. The van der Waals surface area contributed by atoms with Crippen molar-refractivity contribution in [1.82, 2.24) is 9.55 Å². The summed E-state index contributed by atoms with van der Waals surface area (Å²) in [6.07, 6.45) is 5.03. The highest BCUT2D eigenvalue weighted by atomic mass is 19.1. The van der Waals surface area contributed by atoms with Gasteiger partial charge in [0.25, 0.3) is 0 Å². The summed E-state index contributed by atoms with van der Waals surface area (Å²) in [7, 11) is 1.37. The highest BCUT2D eigenvalue weighted by molar-refractivity contribution is 5.82. The average molecular weight is 474 g/mol. The van der Waals surface area contributed by atoms with Crippen molar-refractivity contribution < 1.29 is 18.7 Å². The summed E-state index contributed by atoms with van der Waals surface area (Å²) in [4.78, 5) is 16.9. The summed E-state index contributed by atoms with van der Waals surface area (Å²) >= 11 is 0. The lowest BCUT2D eigenvalue weighted by atomic mass is 10.0. The summed E-state index contributed by atoms with van der Waals surface area (Å²) in [5, 5.41) is 4.37. The zero-order chi connectivity index (χ0) is 24.2. The molecule has 0 bridgehead atoms. The van der Waals surface area contributed by atoms with Crippen molar-refractivity contribution >= 4 is 22.7 Å². The molecule has 0 aliphatic carbocycles. The fourth-order valence-corrected chi connectivity index (χ4v) is 4.59. The maximum Gasteiger partial charge on any atom is 0.307 e. The Kier molecular flexibility index (Phi) is 6.66. The van der Waals surface area contributed by atoms with Gasteiger partial charge in [-0.3, -0.25) is 4.79 Å². The first kappa shape index (κ1) is 22.9. The standard InChI is InChI=1S/C28H28FN3O3/c1-34-27(33)18-26(19-4-7-22(29)8-5-19)32-15-12-21-17-24(10-11-25(21)32)35-16-13-23-9-6-20-3-2-14-30-28(20)31-23/h4-12,15,17,26H,2-3,13-14,16,18H2,1H3,(H,30,31). The number of halogens is 1. The molecule has 2 aromatic carbocycles. The van der Waals surface area contributed by atoms with Gasteiger partial charge in [0.1, 0.15) is 17.4 Å².